The van der Waals surface area contributed by atoms with E-state index in [-0.39, 0.29) is 17.5 Å². The van der Waals surface area contributed by atoms with Crippen molar-refractivity contribution in [2.24, 2.45) is 0 Å². The van der Waals surface area contributed by atoms with Crippen LogP contribution >= 0.6 is 0 Å². The second-order valence-electron chi connectivity index (χ2n) is 9.32. The van der Waals surface area contributed by atoms with Gasteiger partial charge in [-0.1, -0.05) is 43.2 Å². The standard InChI is InChI=1S/C26H32N4O2/c31-24(14-13-19-8-2-1-3-9-19)30-16-7-6-12-23(30)25-27-22-18-29(20-10-4-5-11-20)17-15-21(22)26(32)28-25/h1-3,8-9,13-14,20,23H,4-7,10-12,15-18H2,(H,27,28,32)/b14-13+/t23-/m1/s1. The van der Waals surface area contributed by atoms with Crippen LogP contribution in [0.25, 0.3) is 6.08 Å². The lowest BCUT2D eigenvalue weighted by Gasteiger charge is -2.36. The predicted octanol–water partition coefficient (Wildman–Crippen LogP) is 3.84. The minimum absolute atomic E-state index is 0.0196. The normalized spacial score (nSPS) is 22.4. The largest absolute Gasteiger partial charge is 0.329 e. The molecule has 0 spiro atoms. The number of H-pyrrole nitrogens is 1. The molecule has 1 aromatic carbocycles. The molecule has 0 bridgehead atoms. The number of piperidine rings is 1. The molecule has 1 aromatic heterocycles. The number of likely N-dealkylation sites (tertiary alicyclic amines) is 1. The maximum Gasteiger partial charge on any atom is 0.254 e. The van der Waals surface area contributed by atoms with Crippen molar-refractivity contribution >= 4 is 12.0 Å². The van der Waals surface area contributed by atoms with Gasteiger partial charge in [-0.05, 0) is 50.2 Å². The highest BCUT2D eigenvalue weighted by Gasteiger charge is 2.32. The number of hydrogen-bond acceptors (Lipinski definition) is 4. The van der Waals surface area contributed by atoms with Crippen LogP contribution < -0.4 is 5.56 Å². The lowest BCUT2D eigenvalue weighted by molar-refractivity contribution is -0.129. The Labute approximate surface area is 189 Å². The lowest BCUT2D eigenvalue weighted by atomic mass is 9.99. The van der Waals surface area contributed by atoms with Crippen molar-refractivity contribution in [2.45, 2.75) is 70.0 Å². The minimum atomic E-state index is -0.170. The number of carbonyl (C=O) groups excluding carboxylic acids is 1. The predicted molar refractivity (Wildman–Crippen MR) is 125 cm³/mol. The summed E-state index contributed by atoms with van der Waals surface area (Å²) in [5, 5.41) is 0. The molecule has 1 aliphatic carbocycles. The molecule has 168 valence electrons. The third kappa shape index (κ3) is 4.42. The van der Waals surface area contributed by atoms with Crippen molar-refractivity contribution in [3.63, 3.8) is 0 Å². The first-order chi connectivity index (χ1) is 15.7. The Kier molecular flexibility index (Phi) is 6.21. The zero-order valence-electron chi connectivity index (χ0n) is 18.6. The van der Waals surface area contributed by atoms with Gasteiger partial charge < -0.3 is 9.88 Å². The SMILES string of the molecule is O=C(/C=C/c1ccccc1)N1CCCC[C@@H]1c1nc2c(c(=O)[nH]1)CCN(C1CCCC1)C2. The molecule has 0 radical (unpaired) electrons. The Hall–Kier alpha value is -2.73. The molecule has 2 aliphatic heterocycles. The summed E-state index contributed by atoms with van der Waals surface area (Å²) >= 11 is 0. The summed E-state index contributed by atoms with van der Waals surface area (Å²) in [7, 11) is 0. The van der Waals surface area contributed by atoms with E-state index in [2.05, 4.69) is 9.88 Å². The van der Waals surface area contributed by atoms with Crippen LogP contribution in [0.5, 0.6) is 0 Å². The minimum Gasteiger partial charge on any atom is -0.329 e. The first-order valence-corrected chi connectivity index (χ1v) is 12.1. The second kappa shape index (κ2) is 9.41. The number of benzene rings is 1. The van der Waals surface area contributed by atoms with E-state index in [1.54, 1.807) is 6.08 Å². The fourth-order valence-electron chi connectivity index (χ4n) is 5.53. The van der Waals surface area contributed by atoms with Gasteiger partial charge in [-0.3, -0.25) is 14.5 Å². The molecule has 1 saturated heterocycles. The van der Waals surface area contributed by atoms with Gasteiger partial charge in [-0.25, -0.2) is 4.98 Å². The lowest BCUT2D eigenvalue weighted by Crippen LogP contribution is -2.42. The van der Waals surface area contributed by atoms with Crippen LogP contribution in [0.4, 0.5) is 0 Å². The summed E-state index contributed by atoms with van der Waals surface area (Å²) in [6.07, 6.45) is 12.2. The third-order valence-electron chi connectivity index (χ3n) is 7.28. The maximum atomic E-state index is 13.1. The first kappa shape index (κ1) is 21.1. The number of hydrogen-bond donors (Lipinski definition) is 1. The number of nitrogens with zero attached hydrogens (tertiary/aromatic N) is 3. The Bertz CT molecular complexity index is 1040. The molecule has 32 heavy (non-hydrogen) atoms. The van der Waals surface area contributed by atoms with Gasteiger partial charge in [0, 0.05) is 37.3 Å². The van der Waals surface area contributed by atoms with Gasteiger partial charge in [-0.15, -0.1) is 0 Å². The quantitative estimate of drug-likeness (QED) is 0.746. The molecule has 6 heteroatoms. The number of nitrogens with one attached hydrogen (secondary N) is 1. The van der Waals surface area contributed by atoms with Gasteiger partial charge in [0.2, 0.25) is 5.91 Å². The van der Waals surface area contributed by atoms with Gasteiger partial charge in [0.1, 0.15) is 5.82 Å². The maximum absolute atomic E-state index is 13.1. The van der Waals surface area contributed by atoms with Crippen LogP contribution in [0.3, 0.4) is 0 Å². The number of fused-ring (bicyclic) bond motifs is 1. The van der Waals surface area contributed by atoms with E-state index in [1.165, 1.54) is 25.7 Å². The highest BCUT2D eigenvalue weighted by atomic mass is 16.2. The van der Waals surface area contributed by atoms with Crippen LogP contribution in [-0.2, 0) is 17.8 Å². The zero-order valence-corrected chi connectivity index (χ0v) is 18.6. The second-order valence-corrected chi connectivity index (χ2v) is 9.32. The molecule has 1 N–H and O–H groups in total. The van der Waals surface area contributed by atoms with Crippen LogP contribution in [-0.4, -0.2) is 44.8 Å². The van der Waals surface area contributed by atoms with Crippen molar-refractivity contribution in [3.05, 3.63) is 69.4 Å². The molecule has 6 nitrogen and oxygen atoms in total. The van der Waals surface area contributed by atoms with Crippen LogP contribution in [0.1, 0.15) is 73.6 Å². The van der Waals surface area contributed by atoms with Crippen LogP contribution in [0.2, 0.25) is 0 Å². The zero-order chi connectivity index (χ0) is 21.9. The van der Waals surface area contributed by atoms with Crippen molar-refractivity contribution in [1.82, 2.24) is 19.8 Å². The molecule has 1 atom stereocenters. The smallest absolute Gasteiger partial charge is 0.254 e. The summed E-state index contributed by atoms with van der Waals surface area (Å²) in [5.41, 5.74) is 2.73. The Morgan fingerprint density at radius 2 is 1.81 bits per heavy atom. The van der Waals surface area contributed by atoms with Crippen molar-refractivity contribution < 1.29 is 4.79 Å². The van der Waals surface area contributed by atoms with E-state index in [4.69, 9.17) is 4.98 Å². The fraction of sp³-hybridized carbons (Fsp3) is 0.500. The van der Waals surface area contributed by atoms with E-state index in [0.717, 1.165) is 55.6 Å². The molecular formula is C26H32N4O2. The summed E-state index contributed by atoms with van der Waals surface area (Å²) < 4.78 is 0. The highest BCUT2D eigenvalue weighted by Crippen LogP contribution is 2.31. The topological polar surface area (TPSA) is 69.3 Å². The Morgan fingerprint density at radius 3 is 2.62 bits per heavy atom. The number of carbonyl (C=O) groups is 1. The number of aromatic nitrogens is 2. The number of rotatable bonds is 4. The van der Waals surface area contributed by atoms with Gasteiger partial charge >= 0.3 is 0 Å². The Morgan fingerprint density at radius 1 is 1.03 bits per heavy atom. The molecule has 0 unspecified atom stereocenters. The fourth-order valence-corrected chi connectivity index (χ4v) is 5.53. The third-order valence-corrected chi connectivity index (χ3v) is 7.28. The summed E-state index contributed by atoms with van der Waals surface area (Å²) in [6.45, 7) is 2.39. The van der Waals surface area contributed by atoms with E-state index >= 15 is 0 Å². The average Bonchev–Trinajstić information content (AvgIpc) is 3.38. The van der Waals surface area contributed by atoms with Gasteiger partial charge in [0.05, 0.1) is 11.7 Å². The average molecular weight is 433 g/mol. The van der Waals surface area contributed by atoms with E-state index in [1.807, 2.05) is 41.3 Å². The molecule has 3 aliphatic rings. The summed E-state index contributed by atoms with van der Waals surface area (Å²) in [6, 6.07) is 10.3. The van der Waals surface area contributed by atoms with E-state index < -0.39 is 0 Å². The van der Waals surface area contributed by atoms with Crippen LogP contribution in [0.15, 0.2) is 41.2 Å². The number of amides is 1. The molecule has 5 rings (SSSR count). The molecule has 2 fully saturated rings. The van der Waals surface area contributed by atoms with Gasteiger partial charge in [-0.2, -0.15) is 0 Å². The molecule has 2 aromatic rings. The van der Waals surface area contributed by atoms with Crippen LogP contribution in [0, 0.1) is 0 Å². The molecule has 1 amide bonds. The molecule has 3 heterocycles. The first-order valence-electron chi connectivity index (χ1n) is 12.1. The van der Waals surface area contributed by atoms with Crippen molar-refractivity contribution in [1.29, 1.82) is 0 Å². The van der Waals surface area contributed by atoms with E-state index in [9.17, 15) is 9.59 Å². The summed E-state index contributed by atoms with van der Waals surface area (Å²) in [4.78, 5) is 38.4. The van der Waals surface area contributed by atoms with Gasteiger partial charge in [0.25, 0.3) is 5.56 Å². The van der Waals surface area contributed by atoms with Gasteiger partial charge in [0.15, 0.2) is 0 Å². The molecule has 1 saturated carbocycles. The summed E-state index contributed by atoms with van der Waals surface area (Å²) in [5.74, 6) is 0.634. The number of aromatic amines is 1. The van der Waals surface area contributed by atoms with Crippen molar-refractivity contribution in [3.8, 4) is 0 Å². The monoisotopic (exact) mass is 432 g/mol. The highest BCUT2D eigenvalue weighted by molar-refractivity contribution is 5.92. The van der Waals surface area contributed by atoms with Crippen molar-refractivity contribution in [2.75, 3.05) is 13.1 Å². The molecular weight excluding hydrogens is 400 g/mol. The Balaban J connectivity index is 1.38. The van der Waals surface area contributed by atoms with E-state index in [0.29, 0.717) is 18.4 Å².